The first-order valence-corrected chi connectivity index (χ1v) is 12.8. The summed E-state index contributed by atoms with van der Waals surface area (Å²) in [6, 6.07) is 12.5. The smallest absolute Gasteiger partial charge is 0.227 e. The van der Waals surface area contributed by atoms with Crippen molar-refractivity contribution in [2.45, 2.75) is 25.7 Å². The highest BCUT2D eigenvalue weighted by molar-refractivity contribution is 5.98. The van der Waals surface area contributed by atoms with E-state index in [9.17, 15) is 4.79 Å². The maximum Gasteiger partial charge on any atom is 0.227 e. The standard InChI is InChI=1S/C29H23FN8O/c30-22-13-24-21(12-20(22)17-11-18(15-31-14-17)34-29(39)16-5-1-2-6-16)26(38-37-24)28-35-25-19(8-10-33-27(25)36-28)23-7-3-4-9-32-23/h3-4,7-16H,1-2,5-6H2,(H,34,39)(H,37,38)(H,33,35,36). The minimum absolute atomic E-state index is 0.0111. The first-order valence-electron chi connectivity index (χ1n) is 12.8. The number of amides is 1. The molecule has 0 bridgehead atoms. The number of carbonyl (C=O) groups excluding carboxylic acids is 1. The molecule has 10 heteroatoms. The summed E-state index contributed by atoms with van der Waals surface area (Å²) in [4.78, 5) is 33.7. The first kappa shape index (κ1) is 23.2. The van der Waals surface area contributed by atoms with Crippen LogP contribution < -0.4 is 5.32 Å². The molecule has 1 aliphatic carbocycles. The molecule has 0 radical (unpaired) electrons. The molecule has 5 heterocycles. The molecule has 6 aromatic rings. The van der Waals surface area contributed by atoms with Crippen molar-refractivity contribution in [2.24, 2.45) is 5.92 Å². The van der Waals surface area contributed by atoms with Crippen LogP contribution in [0.25, 0.3) is 56.0 Å². The van der Waals surface area contributed by atoms with Crippen LogP contribution >= 0.6 is 0 Å². The van der Waals surface area contributed by atoms with Crippen molar-refractivity contribution in [3.8, 4) is 33.9 Å². The number of pyridine rings is 3. The Balaban J connectivity index is 1.27. The van der Waals surface area contributed by atoms with Gasteiger partial charge in [-0.2, -0.15) is 5.10 Å². The molecule has 1 aromatic carbocycles. The number of aromatic nitrogens is 7. The summed E-state index contributed by atoms with van der Waals surface area (Å²) in [6.45, 7) is 0. The average Bonchev–Trinajstić information content (AvgIpc) is 3.72. The highest BCUT2D eigenvalue weighted by atomic mass is 19.1. The minimum Gasteiger partial charge on any atom is -0.335 e. The zero-order chi connectivity index (χ0) is 26.3. The van der Waals surface area contributed by atoms with Gasteiger partial charge in [-0.1, -0.05) is 18.9 Å². The van der Waals surface area contributed by atoms with Crippen molar-refractivity contribution in [2.75, 3.05) is 5.32 Å². The van der Waals surface area contributed by atoms with Crippen molar-refractivity contribution < 1.29 is 9.18 Å². The SMILES string of the molecule is O=C(Nc1cncc(-c2cc3c(-c4nc5nccc(-c6ccccn6)c5[nH]4)n[nH]c3cc2F)c1)C1CCCC1. The normalized spacial score (nSPS) is 13.9. The van der Waals surface area contributed by atoms with Crippen LogP contribution in [0.1, 0.15) is 25.7 Å². The van der Waals surface area contributed by atoms with Crippen LogP contribution in [0.4, 0.5) is 10.1 Å². The van der Waals surface area contributed by atoms with Crippen molar-refractivity contribution in [1.82, 2.24) is 35.1 Å². The Bertz CT molecular complexity index is 1840. The Morgan fingerprint density at radius 1 is 1.00 bits per heavy atom. The predicted octanol–water partition coefficient (Wildman–Crippen LogP) is 5.89. The number of H-pyrrole nitrogens is 2. The fourth-order valence-electron chi connectivity index (χ4n) is 5.29. The second-order valence-corrected chi connectivity index (χ2v) is 9.74. The van der Waals surface area contributed by atoms with Gasteiger partial charge in [-0.3, -0.25) is 19.9 Å². The van der Waals surface area contributed by atoms with Crippen molar-refractivity contribution in [3.63, 3.8) is 0 Å². The number of hydrogen-bond acceptors (Lipinski definition) is 6. The van der Waals surface area contributed by atoms with E-state index >= 15 is 4.39 Å². The van der Waals surface area contributed by atoms with E-state index in [4.69, 9.17) is 0 Å². The third-order valence-electron chi connectivity index (χ3n) is 7.25. The van der Waals surface area contributed by atoms with Crippen LogP contribution in [0.15, 0.2) is 67.3 Å². The number of aromatic amines is 2. The Labute approximate surface area is 222 Å². The number of hydrogen-bond donors (Lipinski definition) is 3. The van der Waals surface area contributed by atoms with Crippen LogP contribution in [0.2, 0.25) is 0 Å². The van der Waals surface area contributed by atoms with Gasteiger partial charge in [0.2, 0.25) is 5.91 Å². The molecule has 0 unspecified atom stereocenters. The Morgan fingerprint density at radius 3 is 2.74 bits per heavy atom. The van der Waals surface area contributed by atoms with Crippen LogP contribution in [0.5, 0.6) is 0 Å². The second-order valence-electron chi connectivity index (χ2n) is 9.74. The van der Waals surface area contributed by atoms with Gasteiger partial charge in [0.25, 0.3) is 0 Å². The quantitative estimate of drug-likeness (QED) is 0.261. The van der Waals surface area contributed by atoms with E-state index in [-0.39, 0.29) is 11.8 Å². The second kappa shape index (κ2) is 9.39. The number of imidazole rings is 1. The molecule has 3 N–H and O–H groups in total. The molecule has 1 aliphatic rings. The van der Waals surface area contributed by atoms with E-state index in [1.807, 2.05) is 24.3 Å². The van der Waals surface area contributed by atoms with Gasteiger partial charge < -0.3 is 10.3 Å². The number of nitrogens with one attached hydrogen (secondary N) is 3. The summed E-state index contributed by atoms with van der Waals surface area (Å²) in [7, 11) is 0. The highest BCUT2D eigenvalue weighted by Crippen LogP contribution is 2.34. The van der Waals surface area contributed by atoms with E-state index in [0.29, 0.717) is 44.9 Å². The van der Waals surface area contributed by atoms with Gasteiger partial charge in [0.05, 0.1) is 28.6 Å². The molecule has 5 aromatic heterocycles. The van der Waals surface area contributed by atoms with Gasteiger partial charge in [-0.15, -0.1) is 0 Å². The zero-order valence-corrected chi connectivity index (χ0v) is 20.8. The van der Waals surface area contributed by atoms with Crippen LogP contribution in [-0.4, -0.2) is 41.0 Å². The maximum absolute atomic E-state index is 15.3. The molecule has 9 nitrogen and oxygen atoms in total. The number of carbonyl (C=O) groups is 1. The molecule has 0 saturated heterocycles. The van der Waals surface area contributed by atoms with Crippen LogP contribution in [0.3, 0.4) is 0 Å². The van der Waals surface area contributed by atoms with E-state index < -0.39 is 5.82 Å². The zero-order valence-electron chi connectivity index (χ0n) is 20.8. The molecule has 0 aliphatic heterocycles. The molecule has 39 heavy (non-hydrogen) atoms. The summed E-state index contributed by atoms with van der Waals surface area (Å²) in [5, 5.41) is 11.0. The van der Waals surface area contributed by atoms with Gasteiger partial charge in [0.1, 0.15) is 11.5 Å². The molecule has 0 atom stereocenters. The van der Waals surface area contributed by atoms with Crippen molar-refractivity contribution in [3.05, 3.63) is 73.1 Å². The fraction of sp³-hybridized carbons (Fsp3) is 0.172. The van der Waals surface area contributed by atoms with Gasteiger partial charge in [-0.25, -0.2) is 14.4 Å². The monoisotopic (exact) mass is 518 g/mol. The number of halogens is 1. The van der Waals surface area contributed by atoms with Crippen molar-refractivity contribution >= 4 is 33.7 Å². The largest absolute Gasteiger partial charge is 0.335 e. The minimum atomic E-state index is -0.428. The average molecular weight is 519 g/mol. The summed E-state index contributed by atoms with van der Waals surface area (Å²) in [5.74, 6) is 0.0812. The highest BCUT2D eigenvalue weighted by Gasteiger charge is 2.23. The number of anilines is 1. The summed E-state index contributed by atoms with van der Waals surface area (Å²) >= 11 is 0. The van der Waals surface area contributed by atoms with Crippen LogP contribution in [-0.2, 0) is 4.79 Å². The summed E-state index contributed by atoms with van der Waals surface area (Å²) in [5.41, 5.74) is 5.44. The fourth-order valence-corrected chi connectivity index (χ4v) is 5.29. The first-order chi connectivity index (χ1) is 19.1. The lowest BCUT2D eigenvalue weighted by molar-refractivity contribution is -0.119. The molecule has 7 rings (SSSR count). The Morgan fingerprint density at radius 2 is 1.90 bits per heavy atom. The van der Waals surface area contributed by atoms with Gasteiger partial charge in [0, 0.05) is 52.7 Å². The lowest BCUT2D eigenvalue weighted by atomic mass is 10.0. The van der Waals surface area contributed by atoms with E-state index in [2.05, 4.69) is 40.4 Å². The molecule has 1 amide bonds. The van der Waals surface area contributed by atoms with Crippen molar-refractivity contribution in [1.29, 1.82) is 0 Å². The lowest BCUT2D eigenvalue weighted by Gasteiger charge is -2.11. The predicted molar refractivity (Wildman–Crippen MR) is 146 cm³/mol. The third kappa shape index (κ3) is 4.19. The summed E-state index contributed by atoms with van der Waals surface area (Å²) < 4.78 is 15.3. The molecular weight excluding hydrogens is 495 g/mol. The Kier molecular flexibility index (Phi) is 5.58. The van der Waals surface area contributed by atoms with E-state index in [1.165, 1.54) is 6.07 Å². The summed E-state index contributed by atoms with van der Waals surface area (Å²) in [6.07, 6.45) is 10.5. The molecular formula is C29H23FN8O. The molecule has 192 valence electrons. The lowest BCUT2D eigenvalue weighted by Crippen LogP contribution is -2.20. The van der Waals surface area contributed by atoms with E-state index in [0.717, 1.165) is 42.5 Å². The number of benzene rings is 1. The van der Waals surface area contributed by atoms with Gasteiger partial charge in [0.15, 0.2) is 11.5 Å². The maximum atomic E-state index is 15.3. The number of fused-ring (bicyclic) bond motifs is 2. The Hall–Kier alpha value is -4.99. The number of nitrogens with zero attached hydrogens (tertiary/aromatic N) is 5. The van der Waals surface area contributed by atoms with E-state index in [1.54, 1.807) is 36.9 Å². The molecule has 1 fully saturated rings. The molecule has 0 spiro atoms. The van der Waals surface area contributed by atoms with Gasteiger partial charge in [-0.05, 0) is 43.2 Å². The molecule has 1 saturated carbocycles. The van der Waals surface area contributed by atoms with Gasteiger partial charge >= 0.3 is 0 Å². The third-order valence-corrected chi connectivity index (χ3v) is 7.25. The number of rotatable bonds is 5. The van der Waals surface area contributed by atoms with Crippen LogP contribution in [0, 0.1) is 11.7 Å². The topological polar surface area (TPSA) is 125 Å².